The van der Waals surface area contributed by atoms with Crippen molar-refractivity contribution in [3.63, 3.8) is 0 Å². The van der Waals surface area contributed by atoms with Crippen LogP contribution in [0.2, 0.25) is 0 Å². The number of nitrogens with zero attached hydrogens (tertiary/aromatic N) is 1. The van der Waals surface area contributed by atoms with Crippen LogP contribution in [0.3, 0.4) is 0 Å². The highest BCUT2D eigenvalue weighted by molar-refractivity contribution is 5.91. The van der Waals surface area contributed by atoms with Crippen LogP contribution in [0, 0.1) is 0 Å². The number of cyclic esters (lactones) is 1. The molecule has 0 bridgehead atoms. The number of allylic oxidation sites excluding steroid dienone is 1. The largest absolute Gasteiger partial charge is 0.481 e. The fourth-order valence-corrected chi connectivity index (χ4v) is 3.02. The Kier molecular flexibility index (Phi) is 6.31. The normalized spacial score (nSPS) is 14.5. The number of aromatic nitrogens is 2. The zero-order valence-corrected chi connectivity index (χ0v) is 17.0. The van der Waals surface area contributed by atoms with Gasteiger partial charge in [0, 0.05) is 18.8 Å². The molecule has 32 heavy (non-hydrogen) atoms. The van der Waals surface area contributed by atoms with Gasteiger partial charge in [0.05, 0.1) is 0 Å². The summed E-state index contributed by atoms with van der Waals surface area (Å²) >= 11 is 0. The van der Waals surface area contributed by atoms with Gasteiger partial charge in [0.2, 0.25) is 5.76 Å². The second-order valence-corrected chi connectivity index (χ2v) is 6.93. The molecule has 3 aromatic rings. The first kappa shape index (κ1) is 20.9. The van der Waals surface area contributed by atoms with E-state index < -0.39 is 17.2 Å². The Morgan fingerprint density at radius 3 is 2.00 bits per heavy atom. The van der Waals surface area contributed by atoms with Gasteiger partial charge in [0.15, 0.2) is 5.76 Å². The first-order chi connectivity index (χ1) is 15.6. The van der Waals surface area contributed by atoms with Crippen LogP contribution in [0.25, 0.3) is 0 Å². The summed E-state index contributed by atoms with van der Waals surface area (Å²) in [5.41, 5.74) is 0.718. The van der Waals surface area contributed by atoms with Crippen molar-refractivity contribution in [1.29, 1.82) is 0 Å². The minimum atomic E-state index is -0.677. The Balaban J connectivity index is 1.59. The van der Waals surface area contributed by atoms with Crippen LogP contribution in [0.5, 0.6) is 0 Å². The lowest BCUT2D eigenvalue weighted by atomic mass is 10.2. The van der Waals surface area contributed by atoms with E-state index in [1.54, 1.807) is 0 Å². The summed E-state index contributed by atoms with van der Waals surface area (Å²) in [7, 11) is 0. The number of hydrogen-bond donors (Lipinski definition) is 1. The summed E-state index contributed by atoms with van der Waals surface area (Å²) in [6.45, 7) is 0.416. The van der Waals surface area contributed by atoms with Crippen molar-refractivity contribution in [3.05, 3.63) is 128 Å². The number of benzene rings is 2. The first-order valence-corrected chi connectivity index (χ1v) is 9.90. The fraction of sp³-hybridized carbons (Fsp3) is 0.125. The molecule has 0 atom stereocenters. The number of aromatic amines is 1. The first-order valence-electron chi connectivity index (χ1n) is 9.90. The second kappa shape index (κ2) is 9.65. The third-order valence-corrected chi connectivity index (χ3v) is 4.64. The van der Waals surface area contributed by atoms with Crippen LogP contribution in [0.1, 0.15) is 11.1 Å². The molecule has 0 spiro atoms. The molecule has 8 heteroatoms. The Morgan fingerprint density at radius 1 is 0.812 bits per heavy atom. The summed E-state index contributed by atoms with van der Waals surface area (Å²) in [4.78, 5) is 37.9. The zero-order valence-electron chi connectivity index (χ0n) is 17.0. The number of carbonyl (C=O) groups is 1. The molecule has 2 aromatic carbocycles. The third-order valence-electron chi connectivity index (χ3n) is 4.64. The molecule has 0 amide bonds. The molecule has 1 aromatic heterocycles. The second-order valence-electron chi connectivity index (χ2n) is 6.93. The van der Waals surface area contributed by atoms with E-state index in [0.717, 1.165) is 11.1 Å². The maximum atomic E-state index is 12.5. The zero-order chi connectivity index (χ0) is 22.3. The molecule has 0 saturated carbocycles. The molecule has 0 unspecified atom stereocenters. The molecule has 0 fully saturated rings. The smallest absolute Gasteiger partial charge is 0.383 e. The third kappa shape index (κ3) is 5.04. The van der Waals surface area contributed by atoms with Crippen LogP contribution in [-0.4, -0.2) is 15.5 Å². The molecule has 0 saturated heterocycles. The number of hydrogen-bond acceptors (Lipinski definition) is 6. The van der Waals surface area contributed by atoms with Gasteiger partial charge in [0.25, 0.3) is 11.3 Å². The summed E-state index contributed by atoms with van der Waals surface area (Å²) < 4.78 is 18.3. The monoisotopic (exact) mass is 432 g/mol. The van der Waals surface area contributed by atoms with Crippen molar-refractivity contribution in [2.75, 3.05) is 0 Å². The maximum absolute atomic E-state index is 12.5. The van der Waals surface area contributed by atoms with Crippen LogP contribution in [0.4, 0.5) is 0 Å². The van der Waals surface area contributed by atoms with Crippen LogP contribution >= 0.6 is 0 Å². The molecule has 8 nitrogen and oxygen atoms in total. The Hall–Kier alpha value is -4.33. The number of nitrogens with one attached hydrogen (secondary N) is 1. The van der Waals surface area contributed by atoms with E-state index >= 15 is 0 Å². The summed E-state index contributed by atoms with van der Waals surface area (Å²) in [6, 6.07) is 20.1. The maximum Gasteiger partial charge on any atom is 0.383 e. The summed E-state index contributed by atoms with van der Waals surface area (Å²) in [6.07, 6.45) is 2.88. The lowest BCUT2D eigenvalue weighted by molar-refractivity contribution is -0.136. The highest BCUT2D eigenvalue weighted by atomic mass is 16.6. The lowest BCUT2D eigenvalue weighted by Crippen LogP contribution is -2.28. The van der Waals surface area contributed by atoms with Gasteiger partial charge in [-0.1, -0.05) is 60.7 Å². The van der Waals surface area contributed by atoms with E-state index in [9.17, 15) is 14.4 Å². The Morgan fingerprint density at radius 2 is 1.41 bits per heavy atom. The van der Waals surface area contributed by atoms with Crippen LogP contribution < -0.4 is 11.2 Å². The van der Waals surface area contributed by atoms with Crippen molar-refractivity contribution in [1.82, 2.24) is 9.55 Å². The van der Waals surface area contributed by atoms with Crippen molar-refractivity contribution in [3.8, 4) is 0 Å². The molecule has 2 heterocycles. The number of carbonyl (C=O) groups excluding carboxylic acids is 1. The minimum absolute atomic E-state index is 0.0372. The molecule has 1 aliphatic heterocycles. The van der Waals surface area contributed by atoms with Gasteiger partial charge in [-0.25, -0.2) is 9.59 Å². The number of H-pyrrole nitrogens is 1. The van der Waals surface area contributed by atoms with Gasteiger partial charge in [-0.05, 0) is 17.2 Å². The highest BCUT2D eigenvalue weighted by Gasteiger charge is 2.34. The molecule has 4 rings (SSSR count). The summed E-state index contributed by atoms with van der Waals surface area (Å²) in [5.74, 6) is -0.409. The van der Waals surface area contributed by atoms with Crippen LogP contribution in [-0.2, 0) is 38.8 Å². The van der Waals surface area contributed by atoms with E-state index in [-0.39, 0.29) is 37.0 Å². The van der Waals surface area contributed by atoms with Crippen LogP contribution in [0.15, 0.2) is 106 Å². The average Bonchev–Trinajstić information content (AvgIpc) is 3.11. The SMILES string of the molecule is O=C1O/C(=C\Cn2ccc(=O)[nH]c2=O)C(OCc2ccccc2)=C1OCc1ccccc1. The molecule has 162 valence electrons. The fourth-order valence-electron chi connectivity index (χ4n) is 3.02. The van der Waals surface area contributed by atoms with Gasteiger partial charge in [-0.3, -0.25) is 14.3 Å². The number of esters is 1. The molecular weight excluding hydrogens is 412 g/mol. The summed E-state index contributed by atoms with van der Waals surface area (Å²) in [5, 5.41) is 0. The van der Waals surface area contributed by atoms with Gasteiger partial charge >= 0.3 is 11.7 Å². The van der Waals surface area contributed by atoms with Crippen molar-refractivity contribution < 1.29 is 19.0 Å². The molecule has 1 N–H and O–H groups in total. The van der Waals surface area contributed by atoms with E-state index in [1.807, 2.05) is 60.7 Å². The Bertz CT molecular complexity index is 1270. The number of ether oxygens (including phenoxy) is 3. The Labute approximate surface area is 183 Å². The van der Waals surface area contributed by atoms with Crippen molar-refractivity contribution in [2.45, 2.75) is 19.8 Å². The molecule has 0 radical (unpaired) electrons. The topological polar surface area (TPSA) is 99.6 Å². The van der Waals surface area contributed by atoms with Gasteiger partial charge in [-0.2, -0.15) is 0 Å². The lowest BCUT2D eigenvalue weighted by Gasteiger charge is -2.10. The predicted octanol–water partition coefficient (Wildman–Crippen LogP) is 2.62. The standard InChI is InChI=1S/C24H20N2O6/c27-20-12-14-26(24(29)25-20)13-11-19-21(30-15-17-7-3-1-4-8-17)22(23(28)32-19)31-16-18-9-5-2-6-10-18/h1-12,14H,13,15-16H2,(H,25,27,29)/b19-11-. The van der Waals surface area contributed by atoms with Gasteiger partial charge in [-0.15, -0.1) is 0 Å². The highest BCUT2D eigenvalue weighted by Crippen LogP contribution is 2.29. The molecule has 1 aliphatic rings. The quantitative estimate of drug-likeness (QED) is 0.550. The van der Waals surface area contributed by atoms with Crippen molar-refractivity contribution >= 4 is 5.97 Å². The van der Waals surface area contributed by atoms with E-state index in [4.69, 9.17) is 14.2 Å². The van der Waals surface area contributed by atoms with E-state index in [2.05, 4.69) is 4.98 Å². The van der Waals surface area contributed by atoms with Gasteiger partial charge in [0.1, 0.15) is 13.2 Å². The molecular formula is C24H20N2O6. The average molecular weight is 432 g/mol. The van der Waals surface area contributed by atoms with E-state index in [0.29, 0.717) is 0 Å². The van der Waals surface area contributed by atoms with Gasteiger partial charge < -0.3 is 14.2 Å². The van der Waals surface area contributed by atoms with E-state index in [1.165, 1.54) is 22.9 Å². The molecule has 0 aliphatic carbocycles. The number of rotatable bonds is 8. The minimum Gasteiger partial charge on any atom is -0.481 e. The predicted molar refractivity (Wildman–Crippen MR) is 115 cm³/mol. The van der Waals surface area contributed by atoms with Crippen molar-refractivity contribution in [2.24, 2.45) is 0 Å².